The molecule has 1 aromatic carbocycles. The van der Waals surface area contributed by atoms with Gasteiger partial charge in [-0.2, -0.15) is 0 Å². The molecule has 1 aromatic heterocycles. The Bertz CT molecular complexity index is 691. The number of hydrogen-bond donors (Lipinski definition) is 1. The Morgan fingerprint density at radius 3 is 2.64 bits per heavy atom. The Morgan fingerprint density at radius 2 is 1.95 bits per heavy atom. The monoisotopic (exact) mass is 299 g/mol. The molecule has 3 rings (SSSR count). The standard InChI is InChI=1S/C17H21N3O2/c1-11-9-20(10-12(2)18-11)17(21)16-6-4-13-8-14(22-3)5-7-15(13)19-16/h4-8,11-12,18H,9-10H2,1-3H3/t11-,12-/m0/s1. The van der Waals surface area contributed by atoms with E-state index in [9.17, 15) is 4.79 Å². The van der Waals surface area contributed by atoms with Crippen molar-refractivity contribution in [1.29, 1.82) is 0 Å². The van der Waals surface area contributed by atoms with Gasteiger partial charge >= 0.3 is 0 Å². The largest absolute Gasteiger partial charge is 0.497 e. The number of carbonyl (C=O) groups excluding carboxylic acids is 1. The van der Waals surface area contributed by atoms with Gasteiger partial charge in [0.05, 0.1) is 12.6 Å². The molecule has 1 amide bonds. The van der Waals surface area contributed by atoms with Gasteiger partial charge in [-0.15, -0.1) is 0 Å². The molecule has 1 aliphatic rings. The Balaban J connectivity index is 1.87. The van der Waals surface area contributed by atoms with Crippen molar-refractivity contribution in [2.45, 2.75) is 25.9 Å². The van der Waals surface area contributed by atoms with Gasteiger partial charge in [0.1, 0.15) is 11.4 Å². The molecular weight excluding hydrogens is 278 g/mol. The summed E-state index contributed by atoms with van der Waals surface area (Å²) in [5.74, 6) is 0.788. The summed E-state index contributed by atoms with van der Waals surface area (Å²) < 4.78 is 5.21. The quantitative estimate of drug-likeness (QED) is 0.922. The molecule has 0 radical (unpaired) electrons. The number of nitrogens with zero attached hydrogens (tertiary/aromatic N) is 2. The van der Waals surface area contributed by atoms with E-state index in [4.69, 9.17) is 4.74 Å². The zero-order valence-corrected chi connectivity index (χ0v) is 13.2. The van der Waals surface area contributed by atoms with Crippen LogP contribution in [0.1, 0.15) is 24.3 Å². The van der Waals surface area contributed by atoms with E-state index in [0.717, 1.165) is 16.7 Å². The first kappa shape index (κ1) is 14.8. The number of pyridine rings is 1. The summed E-state index contributed by atoms with van der Waals surface area (Å²) >= 11 is 0. The lowest BCUT2D eigenvalue weighted by Gasteiger charge is -2.36. The molecule has 5 nitrogen and oxygen atoms in total. The molecule has 0 saturated carbocycles. The van der Waals surface area contributed by atoms with E-state index < -0.39 is 0 Å². The van der Waals surface area contributed by atoms with Crippen LogP contribution in [-0.2, 0) is 0 Å². The van der Waals surface area contributed by atoms with E-state index in [1.54, 1.807) is 13.2 Å². The molecular formula is C17H21N3O2. The lowest BCUT2D eigenvalue weighted by Crippen LogP contribution is -2.55. The SMILES string of the molecule is COc1ccc2nc(C(=O)N3C[C@H](C)N[C@@H](C)C3)ccc2c1. The fraction of sp³-hybridized carbons (Fsp3) is 0.412. The Hall–Kier alpha value is -2.14. The minimum absolute atomic E-state index is 0.00193. The molecule has 1 aliphatic heterocycles. The van der Waals surface area contributed by atoms with Crippen LogP contribution in [0.2, 0.25) is 0 Å². The summed E-state index contributed by atoms with van der Waals surface area (Å²) in [6.07, 6.45) is 0. The molecule has 116 valence electrons. The van der Waals surface area contributed by atoms with Gasteiger partial charge in [-0.3, -0.25) is 4.79 Å². The zero-order chi connectivity index (χ0) is 15.7. The number of nitrogens with one attached hydrogen (secondary N) is 1. The lowest BCUT2D eigenvalue weighted by atomic mass is 10.1. The van der Waals surface area contributed by atoms with Crippen LogP contribution in [0.25, 0.3) is 10.9 Å². The van der Waals surface area contributed by atoms with Crippen molar-refractivity contribution in [2.75, 3.05) is 20.2 Å². The summed E-state index contributed by atoms with van der Waals surface area (Å²) in [7, 11) is 1.64. The zero-order valence-electron chi connectivity index (χ0n) is 13.2. The van der Waals surface area contributed by atoms with Crippen molar-refractivity contribution in [3.8, 4) is 5.75 Å². The van der Waals surface area contributed by atoms with Crippen molar-refractivity contribution >= 4 is 16.8 Å². The predicted molar refractivity (Wildman–Crippen MR) is 86.3 cm³/mol. The topological polar surface area (TPSA) is 54.5 Å². The second-order valence-corrected chi connectivity index (χ2v) is 5.93. The Labute approximate surface area is 130 Å². The first-order chi connectivity index (χ1) is 10.6. The minimum Gasteiger partial charge on any atom is -0.497 e. The van der Waals surface area contributed by atoms with Crippen molar-refractivity contribution in [1.82, 2.24) is 15.2 Å². The summed E-state index contributed by atoms with van der Waals surface area (Å²) in [4.78, 5) is 19.1. The van der Waals surface area contributed by atoms with Crippen molar-refractivity contribution in [3.63, 3.8) is 0 Å². The molecule has 1 N–H and O–H groups in total. The third kappa shape index (κ3) is 2.90. The van der Waals surface area contributed by atoms with E-state index >= 15 is 0 Å². The third-order valence-corrected chi connectivity index (χ3v) is 3.96. The van der Waals surface area contributed by atoms with E-state index in [1.165, 1.54) is 0 Å². The van der Waals surface area contributed by atoms with Gasteiger partial charge in [0, 0.05) is 30.6 Å². The maximum absolute atomic E-state index is 12.7. The third-order valence-electron chi connectivity index (χ3n) is 3.96. The lowest BCUT2D eigenvalue weighted by molar-refractivity contribution is 0.0668. The van der Waals surface area contributed by atoms with E-state index in [0.29, 0.717) is 30.9 Å². The Kier molecular flexibility index (Phi) is 3.98. The van der Waals surface area contributed by atoms with Gasteiger partial charge < -0.3 is 15.0 Å². The van der Waals surface area contributed by atoms with Crippen LogP contribution in [-0.4, -0.2) is 48.1 Å². The average Bonchev–Trinajstić information content (AvgIpc) is 2.52. The van der Waals surface area contributed by atoms with Crippen LogP contribution < -0.4 is 10.1 Å². The van der Waals surface area contributed by atoms with Gasteiger partial charge in [0.25, 0.3) is 5.91 Å². The maximum Gasteiger partial charge on any atom is 0.272 e. The van der Waals surface area contributed by atoms with Crippen molar-refractivity contribution in [2.24, 2.45) is 0 Å². The van der Waals surface area contributed by atoms with Gasteiger partial charge in [-0.25, -0.2) is 4.98 Å². The van der Waals surface area contributed by atoms with Crippen molar-refractivity contribution < 1.29 is 9.53 Å². The molecule has 1 fully saturated rings. The number of amides is 1. The number of hydrogen-bond acceptors (Lipinski definition) is 4. The van der Waals surface area contributed by atoms with Gasteiger partial charge in [-0.05, 0) is 38.1 Å². The molecule has 1 saturated heterocycles. The number of ether oxygens (including phenoxy) is 1. The number of rotatable bonds is 2. The smallest absolute Gasteiger partial charge is 0.272 e. The molecule has 0 aliphatic carbocycles. The summed E-state index contributed by atoms with van der Waals surface area (Å²) in [5, 5.41) is 4.40. The highest BCUT2D eigenvalue weighted by Gasteiger charge is 2.26. The molecule has 2 atom stereocenters. The first-order valence-corrected chi connectivity index (χ1v) is 7.57. The molecule has 22 heavy (non-hydrogen) atoms. The highest BCUT2D eigenvalue weighted by Crippen LogP contribution is 2.20. The summed E-state index contributed by atoms with van der Waals surface area (Å²) in [6, 6.07) is 9.99. The van der Waals surface area contributed by atoms with E-state index in [1.807, 2.05) is 29.2 Å². The number of piperazine rings is 1. The fourth-order valence-corrected chi connectivity index (χ4v) is 3.00. The van der Waals surface area contributed by atoms with Crippen LogP contribution in [0, 0.1) is 0 Å². The number of methoxy groups -OCH3 is 1. The molecule has 5 heteroatoms. The second kappa shape index (κ2) is 5.93. The molecule has 0 bridgehead atoms. The van der Waals surface area contributed by atoms with E-state index in [-0.39, 0.29) is 5.91 Å². The Morgan fingerprint density at radius 1 is 1.23 bits per heavy atom. The van der Waals surface area contributed by atoms with Gasteiger partial charge in [0.15, 0.2) is 0 Å². The fourth-order valence-electron chi connectivity index (χ4n) is 3.00. The number of fused-ring (bicyclic) bond motifs is 1. The highest BCUT2D eigenvalue weighted by molar-refractivity contribution is 5.95. The molecule has 0 unspecified atom stereocenters. The van der Waals surface area contributed by atoms with Crippen LogP contribution >= 0.6 is 0 Å². The first-order valence-electron chi connectivity index (χ1n) is 7.57. The average molecular weight is 299 g/mol. The van der Waals surface area contributed by atoms with Crippen LogP contribution in [0.5, 0.6) is 5.75 Å². The van der Waals surface area contributed by atoms with Crippen molar-refractivity contribution in [3.05, 3.63) is 36.0 Å². The number of aromatic nitrogens is 1. The normalized spacial score (nSPS) is 21.9. The van der Waals surface area contributed by atoms with Crippen LogP contribution in [0.4, 0.5) is 0 Å². The summed E-state index contributed by atoms with van der Waals surface area (Å²) in [5.41, 5.74) is 1.31. The molecule has 2 heterocycles. The number of carbonyl (C=O) groups is 1. The second-order valence-electron chi connectivity index (χ2n) is 5.93. The maximum atomic E-state index is 12.7. The van der Waals surface area contributed by atoms with E-state index in [2.05, 4.69) is 24.1 Å². The highest BCUT2D eigenvalue weighted by atomic mass is 16.5. The molecule has 2 aromatic rings. The summed E-state index contributed by atoms with van der Waals surface area (Å²) in [6.45, 7) is 5.61. The predicted octanol–water partition coefficient (Wildman–Crippen LogP) is 2.07. The van der Waals surface area contributed by atoms with Crippen LogP contribution in [0.3, 0.4) is 0 Å². The van der Waals surface area contributed by atoms with Gasteiger partial charge in [0.2, 0.25) is 0 Å². The van der Waals surface area contributed by atoms with Gasteiger partial charge in [-0.1, -0.05) is 6.07 Å². The van der Waals surface area contributed by atoms with Crippen LogP contribution in [0.15, 0.2) is 30.3 Å². The minimum atomic E-state index is -0.00193. The molecule has 0 spiro atoms. The number of benzene rings is 1.